The van der Waals surface area contributed by atoms with E-state index in [0.717, 1.165) is 5.69 Å². The lowest BCUT2D eigenvalue weighted by atomic mass is 10.3. The van der Waals surface area contributed by atoms with Gasteiger partial charge in [-0.05, 0) is 12.1 Å². The van der Waals surface area contributed by atoms with Gasteiger partial charge in [0.1, 0.15) is 0 Å². The lowest BCUT2D eigenvalue weighted by Gasteiger charge is -2.18. The summed E-state index contributed by atoms with van der Waals surface area (Å²) in [4.78, 5) is 26.7. The topological polar surface area (TPSA) is 90.7 Å². The van der Waals surface area contributed by atoms with E-state index in [2.05, 4.69) is 4.98 Å². The minimum Gasteiger partial charge on any atom is -0.481 e. The molecule has 0 saturated carbocycles. The number of carboxylic acid groups (broad SMARTS) is 2. The smallest absolute Gasteiger partial charge is 0.317 e. The molecule has 2 N–H and O–H groups in total. The molecule has 0 unspecified atom stereocenters. The van der Waals surface area contributed by atoms with Crippen LogP contribution in [0, 0.1) is 0 Å². The standard InChI is InChI=1S/C11H14N2O4/c14-10(15)4-6-13(8-11(16)17)7-9-3-1-2-5-12-9/h1-3,5H,4,6-8H2,(H,14,15)(H,16,17). The first kappa shape index (κ1) is 13.1. The fourth-order valence-electron chi connectivity index (χ4n) is 1.38. The number of carbonyl (C=O) groups is 2. The van der Waals surface area contributed by atoms with Gasteiger partial charge in [-0.3, -0.25) is 19.5 Å². The summed E-state index contributed by atoms with van der Waals surface area (Å²) < 4.78 is 0. The molecule has 0 saturated heterocycles. The van der Waals surface area contributed by atoms with Gasteiger partial charge in [0.2, 0.25) is 0 Å². The Morgan fingerprint density at radius 3 is 2.53 bits per heavy atom. The van der Waals surface area contributed by atoms with Gasteiger partial charge in [0, 0.05) is 19.3 Å². The Morgan fingerprint density at radius 2 is 2.00 bits per heavy atom. The maximum Gasteiger partial charge on any atom is 0.317 e. The van der Waals surface area contributed by atoms with Gasteiger partial charge >= 0.3 is 11.9 Å². The second-order valence-electron chi connectivity index (χ2n) is 3.57. The fraction of sp³-hybridized carbons (Fsp3) is 0.364. The summed E-state index contributed by atoms with van der Waals surface area (Å²) in [6.07, 6.45) is 1.53. The number of hydrogen-bond donors (Lipinski definition) is 2. The van der Waals surface area contributed by atoms with E-state index in [4.69, 9.17) is 10.2 Å². The van der Waals surface area contributed by atoms with Crippen molar-refractivity contribution in [3.05, 3.63) is 30.1 Å². The van der Waals surface area contributed by atoms with Crippen LogP contribution in [0.2, 0.25) is 0 Å². The number of carboxylic acids is 2. The highest BCUT2D eigenvalue weighted by Gasteiger charge is 2.12. The summed E-state index contributed by atoms with van der Waals surface area (Å²) in [7, 11) is 0. The quantitative estimate of drug-likeness (QED) is 0.716. The van der Waals surface area contributed by atoms with Crippen LogP contribution in [-0.2, 0) is 16.1 Å². The molecule has 0 aliphatic heterocycles. The molecule has 1 heterocycles. The first-order chi connectivity index (χ1) is 8.08. The normalized spacial score (nSPS) is 10.4. The molecule has 17 heavy (non-hydrogen) atoms. The summed E-state index contributed by atoms with van der Waals surface area (Å²) in [6, 6.07) is 5.34. The number of pyridine rings is 1. The molecule has 1 rings (SSSR count). The third kappa shape index (κ3) is 5.62. The van der Waals surface area contributed by atoms with Crippen LogP contribution in [-0.4, -0.2) is 45.1 Å². The van der Waals surface area contributed by atoms with Crippen molar-refractivity contribution in [2.24, 2.45) is 0 Å². The van der Waals surface area contributed by atoms with Gasteiger partial charge in [-0.25, -0.2) is 0 Å². The van der Waals surface area contributed by atoms with Gasteiger partial charge in [0.25, 0.3) is 0 Å². The van der Waals surface area contributed by atoms with Crippen molar-refractivity contribution in [1.82, 2.24) is 9.88 Å². The third-order valence-corrected chi connectivity index (χ3v) is 2.11. The number of aromatic nitrogens is 1. The monoisotopic (exact) mass is 238 g/mol. The van der Waals surface area contributed by atoms with Crippen molar-refractivity contribution in [3.63, 3.8) is 0 Å². The van der Waals surface area contributed by atoms with Crippen molar-refractivity contribution in [2.45, 2.75) is 13.0 Å². The van der Waals surface area contributed by atoms with E-state index >= 15 is 0 Å². The van der Waals surface area contributed by atoms with Crippen LogP contribution in [0.4, 0.5) is 0 Å². The Hall–Kier alpha value is -1.95. The molecule has 0 aromatic carbocycles. The molecular weight excluding hydrogens is 224 g/mol. The van der Waals surface area contributed by atoms with E-state index < -0.39 is 11.9 Å². The second kappa shape index (κ2) is 6.59. The SMILES string of the molecule is O=C(O)CCN(CC(=O)O)Cc1ccccn1. The van der Waals surface area contributed by atoms with E-state index in [-0.39, 0.29) is 19.5 Å². The summed E-state index contributed by atoms with van der Waals surface area (Å²) in [5.41, 5.74) is 0.721. The van der Waals surface area contributed by atoms with E-state index in [1.807, 2.05) is 0 Å². The number of aliphatic carboxylic acids is 2. The molecule has 0 fully saturated rings. The molecule has 0 bridgehead atoms. The highest BCUT2D eigenvalue weighted by molar-refractivity contribution is 5.69. The van der Waals surface area contributed by atoms with Gasteiger partial charge in [0.05, 0.1) is 18.7 Å². The maximum atomic E-state index is 10.6. The Labute approximate surface area is 98.5 Å². The van der Waals surface area contributed by atoms with Crippen LogP contribution in [0.1, 0.15) is 12.1 Å². The van der Waals surface area contributed by atoms with Gasteiger partial charge in [-0.2, -0.15) is 0 Å². The Bertz CT molecular complexity index is 380. The van der Waals surface area contributed by atoms with Crippen molar-refractivity contribution in [2.75, 3.05) is 13.1 Å². The van der Waals surface area contributed by atoms with E-state index in [9.17, 15) is 9.59 Å². The largest absolute Gasteiger partial charge is 0.481 e. The van der Waals surface area contributed by atoms with E-state index in [1.54, 1.807) is 29.3 Å². The molecular formula is C11H14N2O4. The molecule has 0 aliphatic carbocycles. The molecule has 1 aromatic heterocycles. The Kier molecular flexibility index (Phi) is 5.09. The van der Waals surface area contributed by atoms with Gasteiger partial charge < -0.3 is 10.2 Å². The lowest BCUT2D eigenvalue weighted by Crippen LogP contribution is -2.31. The van der Waals surface area contributed by atoms with Crippen LogP contribution in [0.5, 0.6) is 0 Å². The molecule has 92 valence electrons. The Balaban J connectivity index is 2.56. The fourth-order valence-corrected chi connectivity index (χ4v) is 1.38. The number of rotatable bonds is 7. The molecule has 0 spiro atoms. The molecule has 0 amide bonds. The zero-order valence-electron chi connectivity index (χ0n) is 9.24. The van der Waals surface area contributed by atoms with E-state index in [1.165, 1.54) is 0 Å². The molecule has 6 nitrogen and oxygen atoms in total. The number of nitrogens with zero attached hydrogens (tertiary/aromatic N) is 2. The van der Waals surface area contributed by atoms with Gasteiger partial charge in [0.15, 0.2) is 0 Å². The predicted molar refractivity (Wildman–Crippen MR) is 59.4 cm³/mol. The predicted octanol–water partition coefficient (Wildman–Crippen LogP) is 0.443. The highest BCUT2D eigenvalue weighted by Crippen LogP contribution is 2.02. The van der Waals surface area contributed by atoms with Crippen molar-refractivity contribution in [1.29, 1.82) is 0 Å². The summed E-state index contributed by atoms with van der Waals surface area (Å²) in [5, 5.41) is 17.3. The van der Waals surface area contributed by atoms with Crippen LogP contribution in [0.3, 0.4) is 0 Å². The first-order valence-electron chi connectivity index (χ1n) is 5.14. The maximum absolute atomic E-state index is 10.6. The molecule has 0 atom stereocenters. The first-order valence-corrected chi connectivity index (χ1v) is 5.14. The molecule has 0 radical (unpaired) electrons. The van der Waals surface area contributed by atoms with Crippen LogP contribution >= 0.6 is 0 Å². The van der Waals surface area contributed by atoms with Crippen molar-refractivity contribution in [3.8, 4) is 0 Å². The zero-order valence-corrected chi connectivity index (χ0v) is 9.24. The second-order valence-corrected chi connectivity index (χ2v) is 3.57. The highest BCUT2D eigenvalue weighted by atomic mass is 16.4. The lowest BCUT2D eigenvalue weighted by molar-refractivity contribution is -0.141. The average Bonchev–Trinajstić information content (AvgIpc) is 2.26. The minimum atomic E-state index is -0.980. The van der Waals surface area contributed by atoms with Crippen molar-refractivity contribution >= 4 is 11.9 Å². The molecule has 6 heteroatoms. The summed E-state index contributed by atoms with van der Waals surface area (Å²) >= 11 is 0. The van der Waals surface area contributed by atoms with Crippen LogP contribution in [0.15, 0.2) is 24.4 Å². The summed E-state index contributed by atoms with van der Waals surface area (Å²) in [5.74, 6) is -1.92. The van der Waals surface area contributed by atoms with Crippen molar-refractivity contribution < 1.29 is 19.8 Å². The molecule has 0 aliphatic rings. The zero-order chi connectivity index (χ0) is 12.7. The Morgan fingerprint density at radius 1 is 1.24 bits per heavy atom. The third-order valence-electron chi connectivity index (χ3n) is 2.11. The van der Waals surface area contributed by atoms with Gasteiger partial charge in [-0.15, -0.1) is 0 Å². The summed E-state index contributed by atoms with van der Waals surface area (Å²) in [6.45, 7) is 0.336. The average molecular weight is 238 g/mol. The van der Waals surface area contributed by atoms with Gasteiger partial charge in [-0.1, -0.05) is 6.07 Å². The van der Waals surface area contributed by atoms with Crippen LogP contribution < -0.4 is 0 Å². The minimum absolute atomic E-state index is 0.0832. The number of hydrogen-bond acceptors (Lipinski definition) is 4. The van der Waals surface area contributed by atoms with E-state index in [0.29, 0.717) is 6.54 Å². The van der Waals surface area contributed by atoms with Crippen LogP contribution in [0.25, 0.3) is 0 Å². The molecule has 1 aromatic rings.